The second kappa shape index (κ2) is 17.1. The number of methoxy groups -OCH3 is 1. The Labute approximate surface area is 270 Å². The molecular formula is C37H43N3O6. The minimum atomic E-state index is -0.785. The minimum Gasteiger partial charge on any atom is -0.508 e. The molecule has 0 aliphatic rings. The Kier molecular flexibility index (Phi) is 12.7. The second-order valence-corrected chi connectivity index (χ2v) is 11.4. The van der Waals surface area contributed by atoms with Crippen LogP contribution >= 0.6 is 0 Å². The number of ether oxygens (including phenoxy) is 1. The van der Waals surface area contributed by atoms with Gasteiger partial charge in [-0.05, 0) is 84.0 Å². The summed E-state index contributed by atoms with van der Waals surface area (Å²) in [5, 5.41) is 38.9. The fourth-order valence-electron chi connectivity index (χ4n) is 5.14. The molecule has 0 saturated carbocycles. The van der Waals surface area contributed by atoms with Crippen LogP contribution in [0.15, 0.2) is 91.0 Å². The summed E-state index contributed by atoms with van der Waals surface area (Å²) in [4.78, 5) is 25.2. The molecule has 9 heteroatoms. The summed E-state index contributed by atoms with van der Waals surface area (Å²) in [6.07, 6.45) is 0.870. The summed E-state index contributed by atoms with van der Waals surface area (Å²) >= 11 is 0. The van der Waals surface area contributed by atoms with E-state index >= 15 is 0 Å². The summed E-state index contributed by atoms with van der Waals surface area (Å²) in [6.45, 7) is 2.91. The number of rotatable bonds is 16. The zero-order valence-corrected chi connectivity index (χ0v) is 26.3. The number of nitrogens with one attached hydrogen (secondary N) is 3. The molecule has 6 N–H and O–H groups in total. The quantitative estimate of drug-likeness (QED) is 0.111. The third-order valence-electron chi connectivity index (χ3n) is 7.76. The number of carbonyl (C=O) groups is 2. The van der Waals surface area contributed by atoms with Gasteiger partial charge < -0.3 is 36.0 Å². The van der Waals surface area contributed by atoms with Gasteiger partial charge in [-0.1, -0.05) is 54.6 Å². The summed E-state index contributed by atoms with van der Waals surface area (Å²) in [6, 6.07) is 27.6. The van der Waals surface area contributed by atoms with Gasteiger partial charge in [-0.25, -0.2) is 0 Å². The number of aromatic hydroxyl groups is 1. The number of aliphatic hydroxyl groups excluding tert-OH is 2. The molecule has 2 atom stereocenters. The predicted molar refractivity (Wildman–Crippen MR) is 178 cm³/mol. The Hall–Kier alpha value is -4.70. The van der Waals surface area contributed by atoms with E-state index < -0.39 is 6.10 Å². The number of hydrogen-bond acceptors (Lipinski definition) is 7. The Balaban J connectivity index is 1.18. The zero-order valence-electron chi connectivity index (χ0n) is 26.3. The highest BCUT2D eigenvalue weighted by atomic mass is 16.5. The summed E-state index contributed by atoms with van der Waals surface area (Å²) < 4.78 is 5.24. The van der Waals surface area contributed by atoms with Crippen LogP contribution in [0.1, 0.15) is 56.8 Å². The van der Waals surface area contributed by atoms with Crippen LogP contribution in [0.4, 0.5) is 0 Å². The van der Waals surface area contributed by atoms with E-state index in [0.717, 1.165) is 28.0 Å². The van der Waals surface area contributed by atoms with Crippen LogP contribution in [-0.4, -0.2) is 53.4 Å². The zero-order chi connectivity index (χ0) is 32.9. The maximum absolute atomic E-state index is 12.7. The van der Waals surface area contributed by atoms with E-state index in [0.29, 0.717) is 49.2 Å². The molecule has 1 unspecified atom stereocenters. The molecule has 0 aliphatic carbocycles. The van der Waals surface area contributed by atoms with Crippen LogP contribution in [-0.2, 0) is 37.2 Å². The molecule has 0 radical (unpaired) electrons. The molecular weight excluding hydrogens is 582 g/mol. The van der Waals surface area contributed by atoms with Gasteiger partial charge in [0.25, 0.3) is 5.91 Å². The van der Waals surface area contributed by atoms with Gasteiger partial charge in [-0.15, -0.1) is 0 Å². The molecule has 9 nitrogen and oxygen atoms in total. The third-order valence-corrected chi connectivity index (χ3v) is 7.76. The highest BCUT2D eigenvalue weighted by molar-refractivity contribution is 5.94. The van der Waals surface area contributed by atoms with Crippen LogP contribution in [0.25, 0.3) is 0 Å². The van der Waals surface area contributed by atoms with E-state index in [1.54, 1.807) is 31.4 Å². The van der Waals surface area contributed by atoms with Gasteiger partial charge in [-0.2, -0.15) is 0 Å². The lowest BCUT2D eigenvalue weighted by molar-refractivity contribution is -0.120. The van der Waals surface area contributed by atoms with E-state index in [1.165, 1.54) is 6.07 Å². The molecule has 0 saturated heterocycles. The lowest BCUT2D eigenvalue weighted by Crippen LogP contribution is -2.32. The van der Waals surface area contributed by atoms with E-state index in [1.807, 2.05) is 67.6 Å². The van der Waals surface area contributed by atoms with Crippen LogP contribution in [0.5, 0.6) is 11.5 Å². The molecule has 4 aromatic carbocycles. The van der Waals surface area contributed by atoms with Gasteiger partial charge in [0, 0.05) is 36.8 Å². The van der Waals surface area contributed by atoms with Crippen molar-refractivity contribution in [1.29, 1.82) is 0 Å². The molecule has 0 fully saturated rings. The summed E-state index contributed by atoms with van der Waals surface area (Å²) in [5.74, 6) is 0.552. The first-order valence-corrected chi connectivity index (χ1v) is 15.4. The van der Waals surface area contributed by atoms with Crippen LogP contribution < -0.4 is 20.7 Å². The molecule has 46 heavy (non-hydrogen) atoms. The fraction of sp³-hybridized carbons (Fsp3) is 0.297. The van der Waals surface area contributed by atoms with Crippen molar-refractivity contribution in [2.24, 2.45) is 0 Å². The van der Waals surface area contributed by atoms with Crippen LogP contribution in [0, 0.1) is 0 Å². The highest BCUT2D eigenvalue weighted by Crippen LogP contribution is 2.22. The van der Waals surface area contributed by atoms with Crippen LogP contribution in [0.2, 0.25) is 0 Å². The first-order valence-electron chi connectivity index (χ1n) is 15.4. The van der Waals surface area contributed by atoms with E-state index in [9.17, 15) is 24.9 Å². The first kappa shape index (κ1) is 34.2. The van der Waals surface area contributed by atoms with Crippen molar-refractivity contribution in [1.82, 2.24) is 16.0 Å². The Bertz CT molecular complexity index is 1590. The summed E-state index contributed by atoms with van der Waals surface area (Å²) in [7, 11) is 1.63. The third kappa shape index (κ3) is 10.4. The lowest BCUT2D eigenvalue weighted by Gasteiger charge is -2.18. The van der Waals surface area contributed by atoms with E-state index in [4.69, 9.17) is 4.74 Å². The van der Waals surface area contributed by atoms with Crippen molar-refractivity contribution in [3.8, 4) is 11.5 Å². The average molecular weight is 626 g/mol. The maximum Gasteiger partial charge on any atom is 0.251 e. The second-order valence-electron chi connectivity index (χ2n) is 11.4. The van der Waals surface area contributed by atoms with Crippen molar-refractivity contribution in [2.45, 2.75) is 51.5 Å². The van der Waals surface area contributed by atoms with Crippen molar-refractivity contribution < 1.29 is 29.6 Å². The normalized spacial score (nSPS) is 12.3. The van der Waals surface area contributed by atoms with Crippen molar-refractivity contribution in [3.05, 3.63) is 130 Å². The molecule has 0 aromatic heterocycles. The van der Waals surface area contributed by atoms with Crippen molar-refractivity contribution in [2.75, 3.05) is 20.2 Å². The Morgan fingerprint density at radius 2 is 1.59 bits per heavy atom. The van der Waals surface area contributed by atoms with Gasteiger partial charge >= 0.3 is 0 Å². The predicted octanol–water partition coefficient (Wildman–Crippen LogP) is 3.98. The average Bonchev–Trinajstić information content (AvgIpc) is 3.07. The molecule has 4 rings (SSSR count). The van der Waals surface area contributed by atoms with Crippen molar-refractivity contribution >= 4 is 11.8 Å². The van der Waals surface area contributed by atoms with Gasteiger partial charge in [0.1, 0.15) is 11.5 Å². The Morgan fingerprint density at radius 3 is 2.35 bits per heavy atom. The molecule has 0 aliphatic heterocycles. The van der Waals surface area contributed by atoms with Gasteiger partial charge in [0.05, 0.1) is 26.2 Å². The highest BCUT2D eigenvalue weighted by Gasteiger charge is 2.13. The molecule has 0 spiro atoms. The number of benzene rings is 4. The van der Waals surface area contributed by atoms with Gasteiger partial charge in [0.15, 0.2) is 0 Å². The first-order chi connectivity index (χ1) is 22.2. The van der Waals surface area contributed by atoms with Gasteiger partial charge in [-0.3, -0.25) is 9.59 Å². The van der Waals surface area contributed by atoms with E-state index in [2.05, 4.69) is 16.0 Å². The number of carbonyl (C=O) groups excluding carboxylic acids is 2. The van der Waals surface area contributed by atoms with Crippen molar-refractivity contribution in [3.63, 3.8) is 0 Å². The summed E-state index contributed by atoms with van der Waals surface area (Å²) in [5.41, 5.74) is 5.52. The molecule has 2 amide bonds. The topological polar surface area (TPSA) is 140 Å². The standard InChI is InChI=1S/C37H43N3O6/c1-25(39-23-35(43)31-13-14-34(42)32(21-31)24-41)17-28-6-3-7-29(18-28)20-36(44)40-22-27-9-11-30(12-10-27)37(45)38-16-15-26-5-4-8-33(19-26)46-2/h3-14,18-19,21,25,35,39,41-43H,15-17,20,22-24H2,1-2H3,(H,38,45)(H,40,44)/t25?,35-/m0/s1. The van der Waals surface area contributed by atoms with Crippen LogP contribution in [0.3, 0.4) is 0 Å². The molecule has 4 aromatic rings. The smallest absolute Gasteiger partial charge is 0.251 e. The monoisotopic (exact) mass is 625 g/mol. The lowest BCUT2D eigenvalue weighted by atomic mass is 10.0. The van der Waals surface area contributed by atoms with Gasteiger partial charge in [0.2, 0.25) is 5.91 Å². The fourth-order valence-corrected chi connectivity index (χ4v) is 5.14. The van der Waals surface area contributed by atoms with E-state index in [-0.39, 0.29) is 36.6 Å². The Morgan fingerprint density at radius 1 is 0.848 bits per heavy atom. The molecule has 0 heterocycles. The number of hydrogen-bond donors (Lipinski definition) is 6. The largest absolute Gasteiger partial charge is 0.508 e. The molecule has 0 bridgehead atoms. The SMILES string of the molecule is COc1cccc(CCNC(=O)c2ccc(CNC(=O)Cc3cccc(CC(C)NC[C@H](O)c4ccc(O)c(CO)c4)c3)cc2)c1. The number of phenols is 1. The number of amides is 2. The maximum atomic E-state index is 12.7. The number of aliphatic hydroxyl groups is 2. The molecule has 242 valence electrons. The minimum absolute atomic E-state index is 0.00114.